The van der Waals surface area contributed by atoms with E-state index in [-0.39, 0.29) is 5.78 Å². The van der Waals surface area contributed by atoms with E-state index < -0.39 is 0 Å². The number of imidazole rings is 1. The lowest BCUT2D eigenvalue weighted by Gasteiger charge is -2.24. The molecule has 1 saturated heterocycles. The molecular formula is C16H19N3O. The van der Waals surface area contributed by atoms with Crippen molar-refractivity contribution in [2.75, 3.05) is 13.1 Å². The van der Waals surface area contributed by atoms with Gasteiger partial charge in [0, 0.05) is 32.4 Å². The highest BCUT2D eigenvalue weighted by molar-refractivity contribution is 6.03. The van der Waals surface area contributed by atoms with Gasteiger partial charge in [-0.15, -0.1) is 0 Å². The first kappa shape index (κ1) is 12.9. The fourth-order valence-electron chi connectivity index (χ4n) is 2.68. The number of aryl methyl sites for hydroxylation is 1. The molecule has 0 spiro atoms. The molecule has 104 valence electrons. The van der Waals surface area contributed by atoms with E-state index in [0.29, 0.717) is 5.82 Å². The Bertz CT molecular complexity index is 651. The predicted molar refractivity (Wildman–Crippen MR) is 79.6 cm³/mol. The van der Waals surface area contributed by atoms with Gasteiger partial charge in [0.15, 0.2) is 5.82 Å². The van der Waals surface area contributed by atoms with Crippen LogP contribution in [-0.2, 0) is 7.05 Å². The third-order valence-corrected chi connectivity index (χ3v) is 3.83. The Morgan fingerprint density at radius 3 is 2.70 bits per heavy atom. The van der Waals surface area contributed by atoms with E-state index >= 15 is 0 Å². The van der Waals surface area contributed by atoms with Crippen molar-refractivity contribution in [3.63, 3.8) is 0 Å². The Kier molecular flexibility index (Phi) is 3.54. The molecule has 3 rings (SSSR count). The number of benzene rings is 1. The van der Waals surface area contributed by atoms with Crippen molar-refractivity contribution in [2.24, 2.45) is 7.05 Å². The third kappa shape index (κ3) is 2.46. The maximum atomic E-state index is 12.3. The topological polar surface area (TPSA) is 38.1 Å². The highest BCUT2D eigenvalue weighted by Crippen LogP contribution is 2.15. The van der Waals surface area contributed by atoms with Gasteiger partial charge in [-0.05, 0) is 31.4 Å². The largest absolute Gasteiger partial charge is 0.377 e. The summed E-state index contributed by atoms with van der Waals surface area (Å²) < 4.78 is 1.86. The number of para-hydroxylation sites is 2. The molecular weight excluding hydrogens is 250 g/mol. The van der Waals surface area contributed by atoms with Crippen LogP contribution in [-0.4, -0.2) is 33.3 Å². The molecule has 1 aromatic heterocycles. The number of carbonyl (C=O) groups is 1. The standard InChI is InChI=1S/C16H19N3O/c1-18-14-8-4-3-7-13(14)17-16(18)15(20)9-12-19-10-5-2-6-11-19/h3-4,7-9,12H,2,5-6,10-11H2,1H3/b12-9+. The van der Waals surface area contributed by atoms with Crippen LogP contribution in [0.15, 0.2) is 36.5 Å². The van der Waals surface area contributed by atoms with Gasteiger partial charge < -0.3 is 9.47 Å². The summed E-state index contributed by atoms with van der Waals surface area (Å²) in [6.45, 7) is 2.10. The molecule has 1 aliphatic rings. The molecule has 0 saturated carbocycles. The zero-order valence-corrected chi connectivity index (χ0v) is 11.7. The molecule has 0 aliphatic carbocycles. The molecule has 0 unspecified atom stereocenters. The van der Waals surface area contributed by atoms with Crippen LogP contribution in [0.4, 0.5) is 0 Å². The lowest BCUT2D eigenvalue weighted by atomic mass is 10.1. The zero-order chi connectivity index (χ0) is 13.9. The summed E-state index contributed by atoms with van der Waals surface area (Å²) in [5.41, 5.74) is 1.85. The smallest absolute Gasteiger partial charge is 0.222 e. The average Bonchev–Trinajstić information content (AvgIpc) is 2.84. The van der Waals surface area contributed by atoms with Crippen molar-refractivity contribution in [3.05, 3.63) is 42.4 Å². The van der Waals surface area contributed by atoms with Gasteiger partial charge in [0.1, 0.15) is 0 Å². The summed E-state index contributed by atoms with van der Waals surface area (Å²) in [6, 6.07) is 7.81. The summed E-state index contributed by atoms with van der Waals surface area (Å²) in [6.07, 6.45) is 7.28. The van der Waals surface area contributed by atoms with E-state index in [4.69, 9.17) is 0 Å². The predicted octanol–water partition coefficient (Wildman–Crippen LogP) is 2.76. The minimum Gasteiger partial charge on any atom is -0.377 e. The van der Waals surface area contributed by atoms with Gasteiger partial charge in [0.05, 0.1) is 11.0 Å². The second-order valence-electron chi connectivity index (χ2n) is 5.26. The minimum absolute atomic E-state index is 0.0331. The Balaban J connectivity index is 1.81. The molecule has 1 aliphatic heterocycles. The first-order valence-electron chi connectivity index (χ1n) is 7.14. The zero-order valence-electron chi connectivity index (χ0n) is 11.7. The van der Waals surface area contributed by atoms with Gasteiger partial charge in [-0.2, -0.15) is 0 Å². The molecule has 2 heterocycles. The molecule has 2 aromatic rings. The quantitative estimate of drug-likeness (QED) is 0.635. The number of carbonyl (C=O) groups excluding carboxylic acids is 1. The van der Waals surface area contributed by atoms with Crippen LogP contribution >= 0.6 is 0 Å². The van der Waals surface area contributed by atoms with Crippen LogP contribution in [0.25, 0.3) is 11.0 Å². The van der Waals surface area contributed by atoms with E-state index in [0.717, 1.165) is 24.1 Å². The molecule has 0 amide bonds. The SMILES string of the molecule is Cn1c(C(=O)/C=C/N2CCCCC2)nc2ccccc21. The Labute approximate surface area is 118 Å². The van der Waals surface area contributed by atoms with Crippen molar-refractivity contribution in [3.8, 4) is 0 Å². The van der Waals surface area contributed by atoms with E-state index in [1.165, 1.54) is 19.3 Å². The second-order valence-corrected chi connectivity index (χ2v) is 5.26. The van der Waals surface area contributed by atoms with Crippen LogP contribution < -0.4 is 0 Å². The van der Waals surface area contributed by atoms with Gasteiger partial charge in [-0.1, -0.05) is 12.1 Å². The van der Waals surface area contributed by atoms with Gasteiger partial charge in [0.25, 0.3) is 0 Å². The second kappa shape index (κ2) is 5.49. The van der Waals surface area contributed by atoms with Crippen LogP contribution in [0, 0.1) is 0 Å². The van der Waals surface area contributed by atoms with Crippen molar-refractivity contribution in [1.29, 1.82) is 0 Å². The van der Waals surface area contributed by atoms with Gasteiger partial charge >= 0.3 is 0 Å². The van der Waals surface area contributed by atoms with Crippen molar-refractivity contribution in [2.45, 2.75) is 19.3 Å². The minimum atomic E-state index is -0.0331. The molecule has 4 nitrogen and oxygen atoms in total. The number of likely N-dealkylation sites (tertiary alicyclic amines) is 1. The molecule has 0 bridgehead atoms. The van der Waals surface area contributed by atoms with E-state index in [2.05, 4.69) is 9.88 Å². The average molecular weight is 269 g/mol. The van der Waals surface area contributed by atoms with E-state index in [9.17, 15) is 4.79 Å². The summed E-state index contributed by atoms with van der Waals surface area (Å²) in [4.78, 5) is 18.9. The summed E-state index contributed by atoms with van der Waals surface area (Å²) in [7, 11) is 1.89. The van der Waals surface area contributed by atoms with Gasteiger partial charge in [-0.25, -0.2) is 4.98 Å². The Morgan fingerprint density at radius 2 is 1.95 bits per heavy atom. The number of allylic oxidation sites excluding steroid dienone is 1. The van der Waals surface area contributed by atoms with Gasteiger partial charge in [0.2, 0.25) is 5.78 Å². The number of ketones is 1. The molecule has 20 heavy (non-hydrogen) atoms. The molecule has 4 heteroatoms. The Morgan fingerprint density at radius 1 is 1.20 bits per heavy atom. The van der Waals surface area contributed by atoms with E-state index in [1.807, 2.05) is 42.1 Å². The number of aromatic nitrogens is 2. The first-order chi connectivity index (χ1) is 9.75. The molecule has 0 N–H and O–H groups in total. The van der Waals surface area contributed by atoms with Crippen molar-refractivity contribution < 1.29 is 4.79 Å². The van der Waals surface area contributed by atoms with Crippen LogP contribution in [0.3, 0.4) is 0 Å². The fourth-order valence-corrected chi connectivity index (χ4v) is 2.68. The monoisotopic (exact) mass is 269 g/mol. The number of rotatable bonds is 3. The van der Waals surface area contributed by atoms with Gasteiger partial charge in [-0.3, -0.25) is 4.79 Å². The van der Waals surface area contributed by atoms with E-state index in [1.54, 1.807) is 6.08 Å². The third-order valence-electron chi connectivity index (χ3n) is 3.83. The summed E-state index contributed by atoms with van der Waals surface area (Å²) >= 11 is 0. The van der Waals surface area contributed by atoms with Crippen LogP contribution in [0.1, 0.15) is 29.9 Å². The Hall–Kier alpha value is -2.10. The van der Waals surface area contributed by atoms with Crippen LogP contribution in [0.2, 0.25) is 0 Å². The highest BCUT2D eigenvalue weighted by atomic mass is 16.1. The van der Waals surface area contributed by atoms with Crippen molar-refractivity contribution in [1.82, 2.24) is 14.5 Å². The lowest BCUT2D eigenvalue weighted by molar-refractivity contribution is 0.103. The maximum absolute atomic E-state index is 12.3. The normalized spacial score (nSPS) is 16.1. The highest BCUT2D eigenvalue weighted by Gasteiger charge is 2.13. The molecule has 1 aromatic carbocycles. The molecule has 0 atom stereocenters. The van der Waals surface area contributed by atoms with Crippen LogP contribution in [0.5, 0.6) is 0 Å². The number of nitrogens with zero attached hydrogens (tertiary/aromatic N) is 3. The number of hydrogen-bond acceptors (Lipinski definition) is 3. The lowest BCUT2D eigenvalue weighted by Crippen LogP contribution is -2.24. The summed E-state index contributed by atoms with van der Waals surface area (Å²) in [5.74, 6) is 0.466. The number of fused-ring (bicyclic) bond motifs is 1. The molecule has 1 fully saturated rings. The number of piperidine rings is 1. The number of hydrogen-bond donors (Lipinski definition) is 0. The summed E-state index contributed by atoms with van der Waals surface area (Å²) in [5, 5.41) is 0. The fraction of sp³-hybridized carbons (Fsp3) is 0.375. The maximum Gasteiger partial charge on any atom is 0.222 e. The molecule has 0 radical (unpaired) electrons. The van der Waals surface area contributed by atoms with Crippen molar-refractivity contribution >= 4 is 16.8 Å². The first-order valence-corrected chi connectivity index (χ1v) is 7.14.